The molecule has 0 aliphatic rings. The summed E-state index contributed by atoms with van der Waals surface area (Å²) >= 11 is 0. The van der Waals surface area contributed by atoms with Crippen molar-refractivity contribution in [3.05, 3.63) is 34.6 Å². The van der Waals surface area contributed by atoms with Gasteiger partial charge in [0.25, 0.3) is 0 Å². The zero-order valence-corrected chi connectivity index (χ0v) is 15.3. The van der Waals surface area contributed by atoms with Gasteiger partial charge >= 0.3 is 8.80 Å². The van der Waals surface area contributed by atoms with Crippen LogP contribution in [-0.4, -0.2) is 26.8 Å². The molecular weight excluding hydrogens is 363 g/mol. The summed E-state index contributed by atoms with van der Waals surface area (Å²) < 4.78 is 76.7. The van der Waals surface area contributed by atoms with Crippen molar-refractivity contribution in [1.82, 2.24) is 0 Å². The second-order valence-corrected chi connectivity index (χ2v) is 8.04. The van der Waals surface area contributed by atoms with Gasteiger partial charge in [0.05, 0.1) is 0 Å². The van der Waals surface area contributed by atoms with E-state index in [-0.39, 0.29) is 12.8 Å². The molecule has 0 amide bonds. The maximum absolute atomic E-state index is 13.5. The molecule has 0 spiro atoms. The molecule has 0 aliphatic heterocycles. The van der Waals surface area contributed by atoms with Crippen LogP contribution in [0, 0.1) is 29.1 Å². The van der Waals surface area contributed by atoms with Crippen LogP contribution in [0.4, 0.5) is 22.0 Å². The van der Waals surface area contributed by atoms with Crippen molar-refractivity contribution in [2.75, 3.05) is 13.2 Å². The van der Waals surface area contributed by atoms with Gasteiger partial charge in [-0.05, 0) is 33.1 Å². The van der Waals surface area contributed by atoms with Crippen molar-refractivity contribution in [2.24, 2.45) is 0 Å². The molecule has 3 nitrogen and oxygen atoms in total. The van der Waals surface area contributed by atoms with Gasteiger partial charge in [-0.2, -0.15) is 0 Å². The smallest absolute Gasteiger partial charge is 0.390 e. The summed E-state index contributed by atoms with van der Waals surface area (Å²) in [5.74, 6) is -9.52. The third-order valence-corrected chi connectivity index (χ3v) is 6.17. The molecule has 144 valence electrons. The van der Waals surface area contributed by atoms with E-state index in [2.05, 4.69) is 0 Å². The Labute approximate surface area is 145 Å². The lowest BCUT2D eigenvalue weighted by atomic mass is 10.0. The summed E-state index contributed by atoms with van der Waals surface area (Å²) in [6.07, 6.45) is 1.74. The molecule has 9 heteroatoms. The quantitative estimate of drug-likeness (QED) is 0.200. The van der Waals surface area contributed by atoms with Gasteiger partial charge in [-0.25, -0.2) is 22.0 Å². The third kappa shape index (κ3) is 6.02. The first-order valence-electron chi connectivity index (χ1n) is 8.28. The van der Waals surface area contributed by atoms with Gasteiger partial charge in [0, 0.05) is 24.8 Å². The molecule has 0 aliphatic carbocycles. The second-order valence-electron chi connectivity index (χ2n) is 5.54. The van der Waals surface area contributed by atoms with Gasteiger partial charge < -0.3 is 13.6 Å². The molecule has 0 atom stereocenters. The van der Waals surface area contributed by atoms with E-state index in [4.69, 9.17) is 8.85 Å². The Balaban J connectivity index is 2.47. The van der Waals surface area contributed by atoms with Crippen molar-refractivity contribution >= 4 is 8.80 Å². The highest BCUT2D eigenvalue weighted by Crippen LogP contribution is 2.25. The second kappa shape index (κ2) is 10.2. The van der Waals surface area contributed by atoms with E-state index in [0.29, 0.717) is 38.5 Å². The van der Waals surface area contributed by atoms with Crippen LogP contribution in [0.3, 0.4) is 0 Å². The third-order valence-electron chi connectivity index (χ3n) is 3.71. The first-order valence-corrected chi connectivity index (χ1v) is 10.2. The summed E-state index contributed by atoms with van der Waals surface area (Å²) in [6, 6.07) is 0.358. The van der Waals surface area contributed by atoms with Crippen LogP contribution >= 0.6 is 0 Å². The Morgan fingerprint density at radius 1 is 0.720 bits per heavy atom. The number of benzene rings is 1. The van der Waals surface area contributed by atoms with Crippen LogP contribution in [0.2, 0.25) is 6.04 Å². The molecule has 1 rings (SSSR count). The van der Waals surface area contributed by atoms with Gasteiger partial charge in [0.15, 0.2) is 23.3 Å². The van der Waals surface area contributed by atoms with E-state index < -0.39 is 43.5 Å². The zero-order chi connectivity index (χ0) is 19.0. The number of hydrogen-bond acceptors (Lipinski definition) is 3. The highest BCUT2D eigenvalue weighted by molar-refractivity contribution is 6.59. The highest BCUT2D eigenvalue weighted by Gasteiger charge is 2.35. The number of hydrogen-bond donors (Lipinski definition) is 1. The van der Waals surface area contributed by atoms with E-state index in [1.54, 1.807) is 13.8 Å². The largest absolute Gasteiger partial charge is 0.498 e. The molecule has 0 saturated heterocycles. The van der Waals surface area contributed by atoms with Crippen molar-refractivity contribution in [1.29, 1.82) is 0 Å². The Kier molecular flexibility index (Phi) is 8.98. The molecule has 0 aromatic heterocycles. The minimum Gasteiger partial charge on any atom is -0.390 e. The van der Waals surface area contributed by atoms with Crippen LogP contribution in [0.1, 0.15) is 45.1 Å². The minimum atomic E-state index is -3.17. The molecule has 0 radical (unpaired) electrons. The number of halogens is 5. The van der Waals surface area contributed by atoms with E-state index in [1.807, 2.05) is 0 Å². The van der Waals surface area contributed by atoms with Crippen LogP contribution in [0.5, 0.6) is 0 Å². The van der Waals surface area contributed by atoms with Gasteiger partial charge in [-0.1, -0.05) is 12.8 Å². The first-order chi connectivity index (χ1) is 11.8. The highest BCUT2D eigenvalue weighted by atomic mass is 28.4. The Morgan fingerprint density at radius 2 is 1.16 bits per heavy atom. The molecule has 25 heavy (non-hydrogen) atoms. The number of rotatable bonds is 11. The average Bonchev–Trinajstić information content (AvgIpc) is 2.57. The predicted octanol–water partition coefficient (Wildman–Crippen LogP) is 4.49. The lowest BCUT2D eigenvalue weighted by Gasteiger charge is -2.22. The molecule has 1 N–H and O–H groups in total. The first kappa shape index (κ1) is 22.0. The molecule has 1 aromatic rings. The molecule has 0 fully saturated rings. The molecule has 0 bridgehead atoms. The molecule has 0 heterocycles. The van der Waals surface area contributed by atoms with Gasteiger partial charge in [0.1, 0.15) is 0 Å². The Hall–Kier alpha value is -1.03. The Morgan fingerprint density at radius 3 is 1.64 bits per heavy atom. The summed E-state index contributed by atoms with van der Waals surface area (Å²) in [5.41, 5.74) is -0.786. The van der Waals surface area contributed by atoms with Gasteiger partial charge in [-0.15, -0.1) is 0 Å². The molecule has 0 saturated carbocycles. The van der Waals surface area contributed by atoms with Crippen LogP contribution in [0.25, 0.3) is 0 Å². The molecule has 0 unspecified atom stereocenters. The average molecular weight is 386 g/mol. The van der Waals surface area contributed by atoms with E-state index >= 15 is 0 Å². The van der Waals surface area contributed by atoms with Crippen molar-refractivity contribution in [3.8, 4) is 0 Å². The van der Waals surface area contributed by atoms with Crippen molar-refractivity contribution in [3.63, 3.8) is 0 Å². The van der Waals surface area contributed by atoms with Crippen LogP contribution in [-0.2, 0) is 15.3 Å². The monoisotopic (exact) mass is 386 g/mol. The van der Waals surface area contributed by atoms with E-state index in [1.165, 1.54) is 0 Å². The Bertz CT molecular complexity index is 536. The van der Waals surface area contributed by atoms with Crippen LogP contribution < -0.4 is 0 Å². The summed E-state index contributed by atoms with van der Waals surface area (Å²) in [4.78, 5) is 10.2. The van der Waals surface area contributed by atoms with Crippen molar-refractivity contribution < 1.29 is 35.6 Å². The molecule has 1 aromatic carbocycles. The lowest BCUT2D eigenvalue weighted by molar-refractivity contribution is 0.107. The fourth-order valence-corrected chi connectivity index (χ4v) is 4.48. The SMILES string of the molecule is CCO[Si](O)(CCCCCCc1c(F)c(F)c(F)c(F)c1F)OCC. The normalized spacial score (nSPS) is 12.0. The van der Waals surface area contributed by atoms with Crippen LogP contribution in [0.15, 0.2) is 0 Å². The van der Waals surface area contributed by atoms with Gasteiger partial charge in [0.2, 0.25) is 5.82 Å². The van der Waals surface area contributed by atoms with Crippen molar-refractivity contribution in [2.45, 2.75) is 52.0 Å². The summed E-state index contributed by atoms with van der Waals surface area (Å²) in [6.45, 7) is 4.17. The fraction of sp³-hybridized carbons (Fsp3) is 0.625. The van der Waals surface area contributed by atoms with Gasteiger partial charge in [-0.3, -0.25) is 0 Å². The predicted molar refractivity (Wildman–Crippen MR) is 84.4 cm³/mol. The van der Waals surface area contributed by atoms with E-state index in [9.17, 15) is 26.7 Å². The summed E-state index contributed by atoms with van der Waals surface area (Å²) in [7, 11) is -3.17. The maximum atomic E-state index is 13.5. The topological polar surface area (TPSA) is 38.7 Å². The van der Waals surface area contributed by atoms with E-state index in [0.717, 1.165) is 0 Å². The summed E-state index contributed by atoms with van der Waals surface area (Å²) in [5, 5.41) is 0. The standard InChI is InChI=1S/C16H23F5O3Si/c1-3-23-25(22,24-4-2)10-8-6-5-7-9-11-12(17)14(19)16(21)15(20)13(11)18/h22H,3-10H2,1-2H3. The minimum absolute atomic E-state index is 0.246. The maximum Gasteiger partial charge on any atom is 0.498 e. The molecular formula is C16H23F5O3Si. The fourth-order valence-electron chi connectivity index (χ4n) is 2.51. The number of unbranched alkanes of at least 4 members (excludes halogenated alkanes) is 3. The zero-order valence-electron chi connectivity index (χ0n) is 14.3. The lowest BCUT2D eigenvalue weighted by Crippen LogP contribution is -2.42.